The Morgan fingerprint density at radius 3 is 2.12 bits per heavy atom. The molecule has 7 heteroatoms. The number of nitrogens with zero attached hydrogens (tertiary/aromatic N) is 3. The third-order valence-corrected chi connectivity index (χ3v) is 3.86. The zero-order chi connectivity index (χ0) is 18.1. The summed E-state index contributed by atoms with van der Waals surface area (Å²) in [5.74, 6) is -0.508. The lowest BCUT2D eigenvalue weighted by Gasteiger charge is -2.28. The van der Waals surface area contributed by atoms with Gasteiger partial charge in [-0.05, 0) is 42.5 Å². The summed E-state index contributed by atoms with van der Waals surface area (Å²) in [6, 6.07) is 11.5. The molecule has 0 unspecified atom stereocenters. The van der Waals surface area contributed by atoms with Crippen LogP contribution in [0.1, 0.15) is 11.3 Å². The molecule has 1 aliphatic heterocycles. The van der Waals surface area contributed by atoms with Crippen LogP contribution in [0.25, 0.3) is 17.4 Å². The maximum Gasteiger partial charge on any atom is 0.333 e. The first kappa shape index (κ1) is 16.2. The SMILES string of the molecule is CN1C(=O)C(=Cc2ccc(-c3ccc(C#N)cc3)o2)C(=O)N(C)C1=O. The molecule has 2 aromatic rings. The number of nitriles is 1. The van der Waals surface area contributed by atoms with Crippen molar-refractivity contribution in [2.45, 2.75) is 0 Å². The molecule has 0 N–H and O–H groups in total. The number of furan rings is 1. The van der Waals surface area contributed by atoms with E-state index in [4.69, 9.17) is 9.68 Å². The smallest absolute Gasteiger partial charge is 0.333 e. The van der Waals surface area contributed by atoms with E-state index in [2.05, 4.69) is 0 Å². The van der Waals surface area contributed by atoms with Crippen LogP contribution in [0.15, 0.2) is 46.4 Å². The topological polar surface area (TPSA) is 94.6 Å². The molecule has 0 spiro atoms. The van der Waals surface area contributed by atoms with Crippen molar-refractivity contribution in [1.29, 1.82) is 5.26 Å². The summed E-state index contributed by atoms with van der Waals surface area (Å²) in [6.07, 6.45) is 1.32. The van der Waals surface area contributed by atoms with Gasteiger partial charge in [0.2, 0.25) is 0 Å². The highest BCUT2D eigenvalue weighted by Gasteiger charge is 2.38. The minimum atomic E-state index is -0.676. The second kappa shape index (κ2) is 6.09. The first-order valence-electron chi connectivity index (χ1n) is 7.34. The standard InChI is InChI=1S/C18H13N3O4/c1-20-16(22)14(17(23)21(2)18(20)24)9-13-7-8-15(25-13)12-5-3-11(10-19)4-6-12/h3-9H,1-2H3. The fourth-order valence-corrected chi connectivity index (χ4v) is 2.41. The number of hydrogen-bond donors (Lipinski definition) is 0. The van der Waals surface area contributed by atoms with E-state index >= 15 is 0 Å². The summed E-state index contributed by atoms with van der Waals surface area (Å²) in [5.41, 5.74) is 1.14. The van der Waals surface area contributed by atoms with Gasteiger partial charge in [0.05, 0.1) is 11.6 Å². The zero-order valence-electron chi connectivity index (χ0n) is 13.5. The molecule has 2 heterocycles. The predicted octanol–water partition coefficient (Wildman–Crippen LogP) is 2.25. The zero-order valence-corrected chi connectivity index (χ0v) is 13.5. The number of rotatable bonds is 2. The van der Waals surface area contributed by atoms with Crippen LogP contribution in [-0.2, 0) is 9.59 Å². The average Bonchev–Trinajstić information content (AvgIpc) is 3.10. The highest BCUT2D eigenvalue weighted by atomic mass is 16.3. The molecule has 1 aromatic heterocycles. The van der Waals surface area contributed by atoms with Crippen LogP contribution in [0.5, 0.6) is 0 Å². The van der Waals surface area contributed by atoms with Gasteiger partial charge >= 0.3 is 6.03 Å². The quantitative estimate of drug-likeness (QED) is 0.620. The lowest BCUT2D eigenvalue weighted by Crippen LogP contribution is -2.52. The molecule has 124 valence electrons. The van der Waals surface area contributed by atoms with Crippen LogP contribution in [0.3, 0.4) is 0 Å². The third-order valence-electron chi connectivity index (χ3n) is 3.86. The summed E-state index contributed by atoms with van der Waals surface area (Å²) >= 11 is 0. The maximum atomic E-state index is 12.2. The molecular weight excluding hydrogens is 322 g/mol. The lowest BCUT2D eigenvalue weighted by atomic mass is 10.1. The fraction of sp³-hybridized carbons (Fsp3) is 0.111. The van der Waals surface area contributed by atoms with Crippen molar-refractivity contribution in [3.05, 3.63) is 53.3 Å². The Morgan fingerprint density at radius 2 is 1.56 bits per heavy atom. The third kappa shape index (κ3) is 2.81. The first-order valence-corrected chi connectivity index (χ1v) is 7.34. The molecule has 0 radical (unpaired) electrons. The Bertz CT molecular complexity index is 921. The second-order valence-corrected chi connectivity index (χ2v) is 5.46. The predicted molar refractivity (Wildman–Crippen MR) is 87.8 cm³/mol. The first-order chi connectivity index (χ1) is 11.9. The van der Waals surface area contributed by atoms with Crippen LogP contribution in [0.4, 0.5) is 4.79 Å². The number of carbonyl (C=O) groups excluding carboxylic acids is 3. The van der Waals surface area contributed by atoms with Crippen molar-refractivity contribution in [2.75, 3.05) is 14.1 Å². The number of likely N-dealkylation sites (N-methyl/N-ethyl adjacent to an activating group) is 2. The Balaban J connectivity index is 1.93. The van der Waals surface area contributed by atoms with Crippen molar-refractivity contribution in [3.63, 3.8) is 0 Å². The second-order valence-electron chi connectivity index (χ2n) is 5.46. The molecule has 25 heavy (non-hydrogen) atoms. The van der Waals surface area contributed by atoms with Crippen LogP contribution >= 0.6 is 0 Å². The van der Waals surface area contributed by atoms with Gasteiger partial charge in [0.15, 0.2) is 0 Å². The highest BCUT2D eigenvalue weighted by molar-refractivity contribution is 6.30. The summed E-state index contributed by atoms with van der Waals surface area (Å²) in [7, 11) is 2.62. The van der Waals surface area contributed by atoms with E-state index in [1.807, 2.05) is 6.07 Å². The van der Waals surface area contributed by atoms with Gasteiger partial charge < -0.3 is 4.42 Å². The van der Waals surface area contributed by atoms with Gasteiger partial charge in [-0.25, -0.2) is 4.79 Å². The van der Waals surface area contributed by atoms with Crippen molar-refractivity contribution in [2.24, 2.45) is 0 Å². The molecule has 4 amide bonds. The Hall–Kier alpha value is -3.66. The van der Waals surface area contributed by atoms with Crippen molar-refractivity contribution in [3.8, 4) is 17.4 Å². The molecule has 1 fully saturated rings. The molecule has 7 nitrogen and oxygen atoms in total. The number of barbiturate groups is 1. The van der Waals surface area contributed by atoms with Gasteiger partial charge in [-0.1, -0.05) is 0 Å². The Kier molecular flexibility index (Phi) is 3.95. The van der Waals surface area contributed by atoms with Crippen molar-refractivity contribution in [1.82, 2.24) is 9.80 Å². The maximum absolute atomic E-state index is 12.2. The molecule has 3 rings (SSSR count). The van der Waals surface area contributed by atoms with E-state index in [0.29, 0.717) is 17.1 Å². The number of benzene rings is 1. The van der Waals surface area contributed by atoms with Gasteiger partial charge in [0, 0.05) is 19.7 Å². The van der Waals surface area contributed by atoms with Gasteiger partial charge in [0.1, 0.15) is 17.1 Å². The number of hydrogen-bond acceptors (Lipinski definition) is 5. The van der Waals surface area contributed by atoms with E-state index in [1.165, 1.54) is 20.2 Å². The van der Waals surface area contributed by atoms with Crippen molar-refractivity contribution < 1.29 is 18.8 Å². The molecule has 0 saturated carbocycles. The van der Waals surface area contributed by atoms with E-state index in [9.17, 15) is 14.4 Å². The normalized spacial score (nSPS) is 14.8. The molecule has 0 aliphatic carbocycles. The summed E-state index contributed by atoms with van der Waals surface area (Å²) in [5, 5.41) is 8.82. The van der Waals surface area contributed by atoms with Gasteiger partial charge in [-0.2, -0.15) is 5.26 Å². The number of imide groups is 2. The highest BCUT2D eigenvalue weighted by Crippen LogP contribution is 2.25. The summed E-state index contributed by atoms with van der Waals surface area (Å²) in [4.78, 5) is 37.8. The summed E-state index contributed by atoms with van der Waals surface area (Å²) < 4.78 is 5.65. The van der Waals surface area contributed by atoms with E-state index in [-0.39, 0.29) is 5.57 Å². The Labute approximate surface area is 143 Å². The minimum absolute atomic E-state index is 0.148. The monoisotopic (exact) mass is 335 g/mol. The fourth-order valence-electron chi connectivity index (χ4n) is 2.41. The number of carbonyl (C=O) groups is 3. The Morgan fingerprint density at radius 1 is 0.960 bits per heavy atom. The van der Waals surface area contributed by atoms with Gasteiger partial charge in [-0.3, -0.25) is 19.4 Å². The summed E-state index contributed by atoms with van der Waals surface area (Å²) in [6.45, 7) is 0. The van der Waals surface area contributed by atoms with Crippen LogP contribution in [-0.4, -0.2) is 41.7 Å². The lowest BCUT2D eigenvalue weighted by molar-refractivity contribution is -0.134. The number of urea groups is 1. The molecule has 1 aromatic carbocycles. The molecule has 0 atom stereocenters. The molecule has 1 saturated heterocycles. The van der Waals surface area contributed by atoms with Crippen LogP contribution in [0, 0.1) is 11.3 Å². The van der Waals surface area contributed by atoms with E-state index < -0.39 is 17.8 Å². The van der Waals surface area contributed by atoms with Gasteiger partial charge in [0.25, 0.3) is 11.8 Å². The average molecular weight is 335 g/mol. The van der Waals surface area contributed by atoms with Crippen LogP contribution in [0.2, 0.25) is 0 Å². The van der Waals surface area contributed by atoms with Crippen molar-refractivity contribution >= 4 is 23.9 Å². The van der Waals surface area contributed by atoms with Gasteiger partial charge in [-0.15, -0.1) is 0 Å². The van der Waals surface area contributed by atoms with Crippen LogP contribution < -0.4 is 0 Å². The molecule has 1 aliphatic rings. The molecular formula is C18H13N3O4. The number of amides is 4. The largest absolute Gasteiger partial charge is 0.457 e. The van der Waals surface area contributed by atoms with E-state index in [1.54, 1.807) is 36.4 Å². The molecule has 0 bridgehead atoms. The van der Waals surface area contributed by atoms with E-state index in [0.717, 1.165) is 15.4 Å². The minimum Gasteiger partial charge on any atom is -0.457 e.